The Morgan fingerprint density at radius 1 is 1.02 bits per heavy atom. The minimum absolute atomic E-state index is 0.129. The molecule has 5 aliphatic rings. The van der Waals surface area contributed by atoms with Gasteiger partial charge in [0.15, 0.2) is 0 Å². The number of ether oxygens (including phenoxy) is 1. The number of benzene rings is 1. The Morgan fingerprint density at radius 3 is 2.50 bits per heavy atom. The molecule has 1 aromatic carbocycles. The average Bonchev–Trinajstić information content (AvgIpc) is 3.61. The smallest absolute Gasteiger partial charge is 0.246 e. The van der Waals surface area contributed by atoms with Crippen molar-refractivity contribution in [2.75, 3.05) is 31.5 Å². The molecule has 1 aliphatic carbocycles. The SMILES string of the molecule is CC(C)c1ccc(NC(=O)[C@@H]2[C@@H]3C=C[C@]4(O3)[C@@H]2C(=O)N(CCCN2CCC[C@@H](C)C2)[C@H]4C(=O)NC2CCCCC2)cc1. The van der Waals surface area contributed by atoms with E-state index in [1.165, 1.54) is 24.8 Å². The van der Waals surface area contributed by atoms with Crippen molar-refractivity contribution in [2.45, 2.75) is 102 Å². The highest BCUT2D eigenvalue weighted by molar-refractivity contribution is 6.02. The van der Waals surface area contributed by atoms with Crippen LogP contribution in [0.15, 0.2) is 36.4 Å². The van der Waals surface area contributed by atoms with Gasteiger partial charge in [0.2, 0.25) is 17.7 Å². The number of hydrogen-bond donors (Lipinski definition) is 2. The molecule has 4 fully saturated rings. The first-order valence-electron chi connectivity index (χ1n) is 16.4. The minimum Gasteiger partial charge on any atom is -0.359 e. The van der Waals surface area contributed by atoms with Gasteiger partial charge in [-0.3, -0.25) is 14.4 Å². The third-order valence-corrected chi connectivity index (χ3v) is 10.3. The fourth-order valence-corrected chi connectivity index (χ4v) is 8.17. The van der Waals surface area contributed by atoms with Crippen LogP contribution in [0.25, 0.3) is 0 Å². The zero-order chi connectivity index (χ0) is 29.4. The molecule has 6 atom stereocenters. The summed E-state index contributed by atoms with van der Waals surface area (Å²) in [6.45, 7) is 10.1. The minimum atomic E-state index is -1.11. The number of nitrogens with one attached hydrogen (secondary N) is 2. The number of fused-ring (bicyclic) bond motifs is 1. The molecule has 1 saturated carbocycles. The number of piperidine rings is 1. The predicted octanol–water partition coefficient (Wildman–Crippen LogP) is 4.47. The third kappa shape index (κ3) is 5.52. The Balaban J connectivity index is 1.22. The zero-order valence-electron chi connectivity index (χ0n) is 25.5. The maximum absolute atomic E-state index is 14.2. The second-order valence-electron chi connectivity index (χ2n) is 13.7. The van der Waals surface area contributed by atoms with E-state index in [-0.39, 0.29) is 23.8 Å². The fraction of sp³-hybridized carbons (Fsp3) is 0.676. The van der Waals surface area contributed by atoms with E-state index < -0.39 is 29.6 Å². The maximum Gasteiger partial charge on any atom is 0.246 e. The zero-order valence-corrected chi connectivity index (χ0v) is 25.5. The molecule has 2 bridgehead atoms. The molecular weight excluding hydrogens is 528 g/mol. The van der Waals surface area contributed by atoms with Gasteiger partial charge in [0.1, 0.15) is 11.6 Å². The Kier molecular flexibility index (Phi) is 8.47. The van der Waals surface area contributed by atoms with Crippen LogP contribution in [-0.2, 0) is 19.1 Å². The van der Waals surface area contributed by atoms with Crippen LogP contribution in [0.2, 0.25) is 0 Å². The van der Waals surface area contributed by atoms with Gasteiger partial charge in [-0.1, -0.05) is 64.3 Å². The Bertz CT molecular complexity index is 1190. The molecule has 6 rings (SSSR count). The second-order valence-corrected chi connectivity index (χ2v) is 13.7. The number of hydrogen-bond acceptors (Lipinski definition) is 5. The number of nitrogens with zero attached hydrogens (tertiary/aromatic N) is 2. The van der Waals surface area contributed by atoms with Crippen molar-refractivity contribution in [1.29, 1.82) is 0 Å². The van der Waals surface area contributed by atoms with Gasteiger partial charge in [-0.25, -0.2) is 0 Å². The molecule has 3 saturated heterocycles. The summed E-state index contributed by atoms with van der Waals surface area (Å²) < 4.78 is 6.53. The molecule has 0 unspecified atom stereocenters. The van der Waals surface area contributed by atoms with Crippen molar-refractivity contribution in [3.63, 3.8) is 0 Å². The summed E-state index contributed by atoms with van der Waals surface area (Å²) >= 11 is 0. The molecule has 2 N–H and O–H groups in total. The molecule has 4 heterocycles. The van der Waals surface area contributed by atoms with E-state index in [9.17, 15) is 14.4 Å². The molecule has 8 heteroatoms. The first kappa shape index (κ1) is 29.4. The summed E-state index contributed by atoms with van der Waals surface area (Å²) in [6, 6.07) is 7.24. The Labute approximate surface area is 250 Å². The summed E-state index contributed by atoms with van der Waals surface area (Å²) in [5.41, 5.74) is 0.796. The number of rotatable bonds is 9. The van der Waals surface area contributed by atoms with Crippen LogP contribution in [-0.4, -0.2) is 77.5 Å². The predicted molar refractivity (Wildman–Crippen MR) is 163 cm³/mol. The number of anilines is 1. The van der Waals surface area contributed by atoms with Gasteiger partial charge in [-0.15, -0.1) is 0 Å². The standard InChI is InChI=1S/C34H48N4O4/c1-22(2)24-12-14-26(15-13-24)35-31(39)28-27-16-17-34(42-27)29(28)33(41)38(20-8-19-37-18-7-9-23(3)21-37)30(34)32(40)36-25-10-5-4-6-11-25/h12-17,22-23,25,27-30H,4-11,18-21H2,1-3H3,(H,35,39)(H,36,40)/t23-,27+,28-,29+,30+,34+/m1/s1. The summed E-state index contributed by atoms with van der Waals surface area (Å²) in [5.74, 6) is -0.791. The molecule has 3 amide bonds. The molecule has 42 heavy (non-hydrogen) atoms. The topological polar surface area (TPSA) is 91.0 Å². The summed E-state index contributed by atoms with van der Waals surface area (Å²) in [4.78, 5) is 46.3. The van der Waals surface area contributed by atoms with E-state index in [2.05, 4.69) is 36.3 Å². The molecule has 1 spiro atoms. The van der Waals surface area contributed by atoms with Gasteiger partial charge in [0.25, 0.3) is 0 Å². The van der Waals surface area contributed by atoms with E-state index in [1.807, 2.05) is 36.4 Å². The maximum atomic E-state index is 14.2. The summed E-state index contributed by atoms with van der Waals surface area (Å²) in [6.07, 6.45) is 11.9. The largest absolute Gasteiger partial charge is 0.359 e. The van der Waals surface area contributed by atoms with Crippen LogP contribution in [0.1, 0.15) is 83.6 Å². The number of carbonyl (C=O) groups is 3. The lowest BCUT2D eigenvalue weighted by Crippen LogP contribution is -2.56. The molecule has 0 aromatic heterocycles. The molecular formula is C34H48N4O4. The van der Waals surface area contributed by atoms with Crippen LogP contribution in [0.5, 0.6) is 0 Å². The molecule has 8 nitrogen and oxygen atoms in total. The van der Waals surface area contributed by atoms with E-state index >= 15 is 0 Å². The van der Waals surface area contributed by atoms with Crippen molar-refractivity contribution < 1.29 is 19.1 Å². The third-order valence-electron chi connectivity index (χ3n) is 10.3. The lowest BCUT2D eigenvalue weighted by molar-refractivity contribution is -0.141. The van der Waals surface area contributed by atoms with Gasteiger partial charge in [0.05, 0.1) is 17.9 Å². The summed E-state index contributed by atoms with van der Waals surface area (Å²) in [7, 11) is 0. The van der Waals surface area contributed by atoms with Crippen molar-refractivity contribution in [3.05, 3.63) is 42.0 Å². The number of carbonyl (C=O) groups excluding carboxylic acids is 3. The van der Waals surface area contributed by atoms with Crippen molar-refractivity contribution in [3.8, 4) is 0 Å². The van der Waals surface area contributed by atoms with Gasteiger partial charge >= 0.3 is 0 Å². The number of likely N-dealkylation sites (tertiary alicyclic amines) is 2. The first-order valence-corrected chi connectivity index (χ1v) is 16.4. The van der Waals surface area contributed by atoms with E-state index in [4.69, 9.17) is 4.74 Å². The monoisotopic (exact) mass is 576 g/mol. The van der Waals surface area contributed by atoms with Crippen LogP contribution in [0.4, 0.5) is 5.69 Å². The Hall–Kier alpha value is -2.71. The van der Waals surface area contributed by atoms with Crippen molar-refractivity contribution >= 4 is 23.4 Å². The van der Waals surface area contributed by atoms with Crippen LogP contribution in [0, 0.1) is 17.8 Å². The molecule has 4 aliphatic heterocycles. The second kappa shape index (κ2) is 12.1. The lowest BCUT2D eigenvalue weighted by atomic mass is 9.74. The van der Waals surface area contributed by atoms with E-state index in [0.29, 0.717) is 24.1 Å². The quantitative estimate of drug-likeness (QED) is 0.424. The van der Waals surface area contributed by atoms with Gasteiger partial charge < -0.3 is 25.2 Å². The van der Waals surface area contributed by atoms with Crippen molar-refractivity contribution in [2.24, 2.45) is 17.8 Å². The number of amides is 3. The first-order chi connectivity index (χ1) is 20.3. The van der Waals surface area contributed by atoms with Crippen molar-refractivity contribution in [1.82, 2.24) is 15.1 Å². The highest BCUT2D eigenvalue weighted by Crippen LogP contribution is 2.55. The van der Waals surface area contributed by atoms with Gasteiger partial charge in [-0.05, 0) is 74.7 Å². The fourth-order valence-electron chi connectivity index (χ4n) is 8.17. The lowest BCUT2D eigenvalue weighted by Gasteiger charge is -2.35. The Morgan fingerprint density at radius 2 is 1.79 bits per heavy atom. The molecule has 1 aromatic rings. The normalized spacial score (nSPS) is 32.9. The average molecular weight is 577 g/mol. The van der Waals surface area contributed by atoms with Crippen LogP contribution >= 0.6 is 0 Å². The van der Waals surface area contributed by atoms with Crippen LogP contribution in [0.3, 0.4) is 0 Å². The van der Waals surface area contributed by atoms with E-state index in [0.717, 1.165) is 51.7 Å². The van der Waals surface area contributed by atoms with E-state index in [1.54, 1.807) is 4.90 Å². The molecule has 228 valence electrons. The summed E-state index contributed by atoms with van der Waals surface area (Å²) in [5, 5.41) is 6.34. The molecule has 0 radical (unpaired) electrons. The van der Waals surface area contributed by atoms with Crippen LogP contribution < -0.4 is 10.6 Å². The highest BCUT2D eigenvalue weighted by atomic mass is 16.5. The van der Waals surface area contributed by atoms with Gasteiger partial charge in [0, 0.05) is 24.8 Å². The highest BCUT2D eigenvalue weighted by Gasteiger charge is 2.72. The van der Waals surface area contributed by atoms with Gasteiger partial charge in [-0.2, -0.15) is 0 Å².